The molecule has 6 rings (SSSR count). The number of aromatic hydroxyl groups is 1. The summed E-state index contributed by atoms with van der Waals surface area (Å²) in [6.45, 7) is 0.179. The topological polar surface area (TPSA) is 104 Å². The van der Waals surface area contributed by atoms with Gasteiger partial charge in [-0.3, -0.25) is 29.0 Å². The lowest BCUT2D eigenvalue weighted by Crippen LogP contribution is -2.60. The molecular formula is C27H24Cl2N2O6S. The lowest BCUT2D eigenvalue weighted by atomic mass is 9.56. The normalized spacial score (nSPS) is 34.3. The molecule has 2 aliphatic carbocycles. The van der Waals surface area contributed by atoms with Gasteiger partial charge in [0.15, 0.2) is 9.75 Å². The van der Waals surface area contributed by atoms with Crippen molar-refractivity contribution in [3.05, 3.63) is 57.8 Å². The van der Waals surface area contributed by atoms with Gasteiger partial charge in [-0.15, -0.1) is 34.5 Å². The van der Waals surface area contributed by atoms with E-state index in [0.717, 1.165) is 9.78 Å². The zero-order valence-electron chi connectivity index (χ0n) is 20.5. The van der Waals surface area contributed by atoms with E-state index >= 15 is 0 Å². The van der Waals surface area contributed by atoms with Gasteiger partial charge in [0.1, 0.15) is 11.5 Å². The number of hydrogen-bond acceptors (Lipinski definition) is 7. The smallest absolute Gasteiger partial charge is 0.253 e. The predicted molar refractivity (Wildman–Crippen MR) is 140 cm³/mol. The molecule has 8 nitrogen and oxygen atoms in total. The Kier molecular flexibility index (Phi) is 5.72. The number of methoxy groups -OCH3 is 1. The molecule has 6 atom stereocenters. The molecule has 198 valence electrons. The monoisotopic (exact) mass is 574 g/mol. The molecule has 3 fully saturated rings. The van der Waals surface area contributed by atoms with E-state index < -0.39 is 45.2 Å². The number of amides is 4. The first-order chi connectivity index (χ1) is 18.0. The van der Waals surface area contributed by atoms with Gasteiger partial charge in [-0.1, -0.05) is 23.8 Å². The minimum Gasteiger partial charge on any atom is -0.508 e. The first-order valence-corrected chi connectivity index (χ1v) is 13.8. The third-order valence-corrected chi connectivity index (χ3v) is 10.8. The molecule has 3 heterocycles. The number of ether oxygens (including phenoxy) is 1. The van der Waals surface area contributed by atoms with Crippen LogP contribution in [0.2, 0.25) is 0 Å². The van der Waals surface area contributed by atoms with Gasteiger partial charge < -0.3 is 9.84 Å². The van der Waals surface area contributed by atoms with E-state index in [1.807, 2.05) is 23.6 Å². The fourth-order valence-electron chi connectivity index (χ4n) is 6.76. The number of rotatable bonds is 4. The van der Waals surface area contributed by atoms with Crippen LogP contribution in [0.3, 0.4) is 0 Å². The number of thiophene rings is 1. The summed E-state index contributed by atoms with van der Waals surface area (Å²) in [7, 11) is 2.79. The van der Waals surface area contributed by atoms with Gasteiger partial charge in [-0.05, 0) is 36.3 Å². The highest BCUT2D eigenvalue weighted by Gasteiger charge is 2.76. The Labute approximate surface area is 232 Å². The average molecular weight is 575 g/mol. The Bertz CT molecular complexity index is 1430. The number of phenols is 1. The Morgan fingerprint density at radius 1 is 1.11 bits per heavy atom. The van der Waals surface area contributed by atoms with Gasteiger partial charge >= 0.3 is 0 Å². The van der Waals surface area contributed by atoms with Crippen LogP contribution in [0.25, 0.3) is 0 Å². The van der Waals surface area contributed by atoms with Gasteiger partial charge in [0.25, 0.3) is 11.8 Å². The van der Waals surface area contributed by atoms with Crippen molar-refractivity contribution in [2.24, 2.45) is 17.8 Å². The molecule has 0 radical (unpaired) electrons. The van der Waals surface area contributed by atoms with Crippen molar-refractivity contribution in [1.82, 2.24) is 9.80 Å². The number of carbonyl (C=O) groups is 4. The largest absolute Gasteiger partial charge is 0.508 e. The number of imide groups is 2. The van der Waals surface area contributed by atoms with Crippen molar-refractivity contribution in [3.63, 3.8) is 0 Å². The van der Waals surface area contributed by atoms with Crippen LogP contribution in [0, 0.1) is 17.8 Å². The summed E-state index contributed by atoms with van der Waals surface area (Å²) >= 11 is 15.7. The van der Waals surface area contributed by atoms with Crippen molar-refractivity contribution in [2.75, 3.05) is 14.2 Å². The zero-order valence-corrected chi connectivity index (χ0v) is 22.8. The number of likely N-dealkylation sites (tertiary alicyclic amines) is 2. The van der Waals surface area contributed by atoms with Gasteiger partial charge in [-0.2, -0.15) is 0 Å². The van der Waals surface area contributed by atoms with Gasteiger partial charge in [0.2, 0.25) is 11.8 Å². The molecule has 1 aromatic heterocycles. The maximum Gasteiger partial charge on any atom is 0.253 e. The molecule has 1 saturated carbocycles. The van der Waals surface area contributed by atoms with E-state index in [1.165, 1.54) is 36.5 Å². The third-order valence-electron chi connectivity index (χ3n) is 8.55. The first kappa shape index (κ1) is 25.4. The SMILES string of the molecule is COc1ccc([C@H]2C3=CC[C@@H]4C(=O)N(Cc5cccs5)C(=O)[C@@H]4[C@@H]3C[C@@]3(Cl)C(=O)N(C)C(=O)[C@@]23Cl)c(O)c1. The average Bonchev–Trinajstić information content (AvgIpc) is 3.54. The van der Waals surface area contributed by atoms with Crippen molar-refractivity contribution in [1.29, 1.82) is 0 Å². The number of nitrogens with zero attached hydrogens (tertiary/aromatic N) is 2. The molecule has 38 heavy (non-hydrogen) atoms. The van der Waals surface area contributed by atoms with Crippen LogP contribution in [0.15, 0.2) is 47.4 Å². The van der Waals surface area contributed by atoms with Crippen molar-refractivity contribution >= 4 is 58.2 Å². The highest BCUT2D eigenvalue weighted by molar-refractivity contribution is 7.09. The third kappa shape index (κ3) is 3.15. The summed E-state index contributed by atoms with van der Waals surface area (Å²) in [6, 6.07) is 8.35. The minimum atomic E-state index is -1.94. The maximum absolute atomic E-state index is 13.8. The highest BCUT2D eigenvalue weighted by atomic mass is 35.5. The van der Waals surface area contributed by atoms with Crippen molar-refractivity contribution < 1.29 is 29.0 Å². The summed E-state index contributed by atoms with van der Waals surface area (Å²) in [6.07, 6.45) is 2.03. The molecule has 0 unspecified atom stereocenters. The maximum atomic E-state index is 13.8. The number of halogens is 2. The standard InChI is InChI=1S/C27H24Cl2N2O6S/c1-30-24(35)26(28)11-18-15(21(27(26,29)25(30)36)16-6-5-13(37-2)10-19(16)32)7-8-17-20(18)23(34)31(22(17)33)12-14-4-3-9-38-14/h3-7,9-10,17-18,20-21,32H,8,11-12H2,1-2H3/t17-,18+,20-,21+,26+,27-/m0/s1. The quantitative estimate of drug-likeness (QED) is 0.339. The fraction of sp³-hybridized carbons (Fsp3) is 0.407. The molecule has 4 aliphatic rings. The molecule has 2 aromatic rings. The van der Waals surface area contributed by atoms with Crippen molar-refractivity contribution in [3.8, 4) is 11.5 Å². The molecule has 1 aromatic carbocycles. The fourth-order valence-corrected chi connectivity index (χ4v) is 8.47. The summed E-state index contributed by atoms with van der Waals surface area (Å²) in [5.41, 5.74) is 0.928. The second-order valence-electron chi connectivity index (χ2n) is 10.3. The Morgan fingerprint density at radius 2 is 1.87 bits per heavy atom. The second-order valence-corrected chi connectivity index (χ2v) is 12.5. The van der Waals surface area contributed by atoms with Crippen LogP contribution in [0.5, 0.6) is 11.5 Å². The van der Waals surface area contributed by atoms with Crippen LogP contribution in [-0.4, -0.2) is 62.4 Å². The Balaban J connectivity index is 1.50. The number of allylic oxidation sites excluding steroid dienone is 2. The predicted octanol–water partition coefficient (Wildman–Crippen LogP) is 3.65. The van der Waals surface area contributed by atoms with Gasteiger partial charge in [0.05, 0.1) is 25.5 Å². The number of carbonyl (C=O) groups excluding carboxylic acids is 4. The molecule has 4 amide bonds. The zero-order chi connectivity index (χ0) is 27.1. The molecule has 1 N–H and O–H groups in total. The molecular weight excluding hydrogens is 551 g/mol. The van der Waals surface area contributed by atoms with Gasteiger partial charge in [-0.25, -0.2) is 0 Å². The molecule has 2 saturated heterocycles. The molecule has 2 aliphatic heterocycles. The van der Waals surface area contributed by atoms with E-state index in [0.29, 0.717) is 16.9 Å². The molecule has 0 bridgehead atoms. The van der Waals surface area contributed by atoms with Crippen LogP contribution >= 0.6 is 34.5 Å². The van der Waals surface area contributed by atoms with Crippen LogP contribution in [0.4, 0.5) is 0 Å². The van der Waals surface area contributed by atoms with Crippen molar-refractivity contribution in [2.45, 2.75) is 35.1 Å². The number of fused-ring (bicyclic) bond motifs is 4. The van der Waals surface area contributed by atoms with E-state index in [9.17, 15) is 24.3 Å². The Morgan fingerprint density at radius 3 is 2.53 bits per heavy atom. The number of hydrogen-bond donors (Lipinski definition) is 1. The summed E-state index contributed by atoms with van der Waals surface area (Å²) in [5, 5.41) is 12.9. The van der Waals surface area contributed by atoms with E-state index in [4.69, 9.17) is 27.9 Å². The van der Waals surface area contributed by atoms with Gasteiger partial charge in [0, 0.05) is 29.5 Å². The first-order valence-electron chi connectivity index (χ1n) is 12.2. The van der Waals surface area contributed by atoms with E-state index in [2.05, 4.69) is 0 Å². The summed E-state index contributed by atoms with van der Waals surface area (Å²) in [4.78, 5) is 53.5. The highest BCUT2D eigenvalue weighted by Crippen LogP contribution is 2.66. The lowest BCUT2D eigenvalue weighted by molar-refractivity contribution is -0.141. The van der Waals surface area contributed by atoms with E-state index in [-0.39, 0.29) is 37.0 Å². The lowest BCUT2D eigenvalue weighted by Gasteiger charge is -2.50. The Hall–Kier alpha value is -2.88. The number of phenolic OH excluding ortho intramolecular Hbond substituents is 1. The molecule has 0 spiro atoms. The molecule has 11 heteroatoms. The van der Waals surface area contributed by atoms with Crippen LogP contribution < -0.4 is 4.74 Å². The second kappa shape index (κ2) is 8.56. The van der Waals surface area contributed by atoms with E-state index in [1.54, 1.807) is 12.1 Å². The number of benzene rings is 1. The summed E-state index contributed by atoms with van der Waals surface area (Å²) in [5.74, 6) is -4.70. The number of alkyl halides is 2. The summed E-state index contributed by atoms with van der Waals surface area (Å²) < 4.78 is 5.22. The minimum absolute atomic E-state index is 0.0841. The van der Waals surface area contributed by atoms with Crippen LogP contribution in [0.1, 0.15) is 29.2 Å². The van der Waals surface area contributed by atoms with Crippen LogP contribution in [-0.2, 0) is 25.7 Å².